The van der Waals surface area contributed by atoms with Crippen molar-refractivity contribution in [3.05, 3.63) is 30.3 Å². The van der Waals surface area contributed by atoms with Gasteiger partial charge in [0.1, 0.15) is 0 Å². The Bertz CT molecular complexity index is 374. The molecule has 6 heteroatoms. The number of thioether (sulfide) groups is 2. The van der Waals surface area contributed by atoms with Gasteiger partial charge in [0.05, 0.1) is 0 Å². The highest BCUT2D eigenvalue weighted by Crippen LogP contribution is 2.15. The molecule has 1 atom stereocenters. The van der Waals surface area contributed by atoms with Gasteiger partial charge in [-0.25, -0.2) is 0 Å². The van der Waals surface area contributed by atoms with Crippen LogP contribution in [0, 0.1) is 0 Å². The lowest BCUT2D eigenvalue weighted by Gasteiger charge is -2.14. The molecule has 0 bridgehead atoms. The number of hydrogen-bond donors (Lipinski definition) is 2. The van der Waals surface area contributed by atoms with E-state index in [0.717, 1.165) is 24.8 Å². The number of rotatable bonds is 7. The first-order chi connectivity index (χ1) is 9.26. The summed E-state index contributed by atoms with van der Waals surface area (Å²) in [5, 5.41) is 7.25. The van der Waals surface area contributed by atoms with E-state index in [2.05, 4.69) is 53.1 Å². The van der Waals surface area contributed by atoms with Gasteiger partial charge in [-0.05, 0) is 18.4 Å². The van der Waals surface area contributed by atoms with Crippen LogP contribution in [0.1, 0.15) is 6.92 Å². The Kier molecular flexibility index (Phi) is 12.6. The number of nitrogens with one attached hydrogen (secondary N) is 2. The Labute approximate surface area is 148 Å². The van der Waals surface area contributed by atoms with E-state index in [1.54, 1.807) is 0 Å². The molecule has 1 aromatic rings. The second-order valence-electron chi connectivity index (χ2n) is 4.09. The summed E-state index contributed by atoms with van der Waals surface area (Å²) in [6, 6.07) is 10.5. The van der Waals surface area contributed by atoms with E-state index in [4.69, 9.17) is 0 Å². The number of hydrogen-bond acceptors (Lipinski definition) is 3. The van der Waals surface area contributed by atoms with Crippen LogP contribution in [0.4, 0.5) is 0 Å². The maximum atomic E-state index is 4.21. The summed E-state index contributed by atoms with van der Waals surface area (Å²) >= 11 is 3.71. The molecule has 0 aromatic heterocycles. The second kappa shape index (κ2) is 12.6. The minimum absolute atomic E-state index is 0. The van der Waals surface area contributed by atoms with Crippen LogP contribution < -0.4 is 10.6 Å². The predicted octanol–water partition coefficient (Wildman–Crippen LogP) is 3.31. The van der Waals surface area contributed by atoms with Crippen molar-refractivity contribution in [1.82, 2.24) is 10.6 Å². The molecule has 0 amide bonds. The Morgan fingerprint density at radius 1 is 1.25 bits per heavy atom. The molecule has 114 valence electrons. The van der Waals surface area contributed by atoms with E-state index in [1.165, 1.54) is 4.90 Å². The van der Waals surface area contributed by atoms with Crippen molar-refractivity contribution in [1.29, 1.82) is 0 Å². The Morgan fingerprint density at radius 3 is 2.55 bits per heavy atom. The van der Waals surface area contributed by atoms with E-state index in [0.29, 0.717) is 5.25 Å². The van der Waals surface area contributed by atoms with Crippen LogP contribution in [0.3, 0.4) is 0 Å². The topological polar surface area (TPSA) is 36.4 Å². The third-order valence-corrected chi connectivity index (χ3v) is 4.57. The van der Waals surface area contributed by atoms with E-state index in [9.17, 15) is 0 Å². The van der Waals surface area contributed by atoms with Gasteiger partial charge < -0.3 is 10.6 Å². The van der Waals surface area contributed by atoms with Crippen LogP contribution in [0.25, 0.3) is 0 Å². The van der Waals surface area contributed by atoms with Crippen LogP contribution in [0.5, 0.6) is 0 Å². The van der Waals surface area contributed by atoms with Gasteiger partial charge in [-0.2, -0.15) is 11.8 Å². The van der Waals surface area contributed by atoms with Crippen molar-refractivity contribution in [3.8, 4) is 0 Å². The van der Waals surface area contributed by atoms with Gasteiger partial charge in [0.25, 0.3) is 0 Å². The summed E-state index contributed by atoms with van der Waals surface area (Å²) in [7, 11) is 1.81. The van der Waals surface area contributed by atoms with Crippen LogP contribution >= 0.6 is 47.5 Å². The van der Waals surface area contributed by atoms with Gasteiger partial charge in [0, 0.05) is 36.0 Å². The fourth-order valence-corrected chi connectivity index (χ4v) is 2.44. The highest BCUT2D eigenvalue weighted by Gasteiger charge is 2.01. The summed E-state index contributed by atoms with van der Waals surface area (Å²) < 4.78 is 0. The van der Waals surface area contributed by atoms with Crippen molar-refractivity contribution in [2.75, 3.05) is 32.1 Å². The highest BCUT2D eigenvalue weighted by molar-refractivity contribution is 14.0. The van der Waals surface area contributed by atoms with Gasteiger partial charge in [0.15, 0.2) is 5.96 Å². The zero-order valence-corrected chi connectivity index (χ0v) is 16.2. The Hall–Kier alpha value is -0.0800. The van der Waals surface area contributed by atoms with Crippen LogP contribution in [0.2, 0.25) is 0 Å². The predicted molar refractivity (Wildman–Crippen MR) is 105 cm³/mol. The molecule has 1 aromatic carbocycles. The van der Waals surface area contributed by atoms with E-state index in [1.807, 2.05) is 36.6 Å². The van der Waals surface area contributed by atoms with E-state index in [-0.39, 0.29) is 24.0 Å². The van der Waals surface area contributed by atoms with Crippen LogP contribution in [-0.2, 0) is 0 Å². The summed E-state index contributed by atoms with van der Waals surface area (Å²) in [6.07, 6.45) is 2.12. The standard InChI is InChI=1S/C14H23N3S2.HI/c1-12(18-3)11-17-14(15-2)16-9-10-19-13-7-5-4-6-8-13;/h4-8,12H,9-11H2,1-3H3,(H2,15,16,17);1H. The molecular formula is C14H24IN3S2. The number of guanidine groups is 1. The third-order valence-electron chi connectivity index (χ3n) is 2.59. The molecule has 0 aliphatic rings. The maximum Gasteiger partial charge on any atom is 0.191 e. The third kappa shape index (κ3) is 8.97. The molecule has 0 aliphatic carbocycles. The molecule has 1 rings (SSSR count). The minimum atomic E-state index is 0. The van der Waals surface area contributed by atoms with E-state index >= 15 is 0 Å². The molecule has 3 nitrogen and oxygen atoms in total. The molecule has 2 N–H and O–H groups in total. The van der Waals surface area contributed by atoms with Gasteiger partial charge in [-0.1, -0.05) is 25.1 Å². The first-order valence-corrected chi connectivity index (χ1v) is 8.68. The fourth-order valence-electron chi connectivity index (χ4n) is 1.40. The minimum Gasteiger partial charge on any atom is -0.356 e. The van der Waals surface area contributed by atoms with Gasteiger partial charge in [-0.15, -0.1) is 35.7 Å². The van der Waals surface area contributed by atoms with Gasteiger partial charge >= 0.3 is 0 Å². The SMILES string of the molecule is CN=C(NCCSc1ccccc1)NCC(C)SC.I. The van der Waals surface area contributed by atoms with Crippen molar-refractivity contribution < 1.29 is 0 Å². The van der Waals surface area contributed by atoms with Crippen molar-refractivity contribution in [2.24, 2.45) is 4.99 Å². The molecule has 0 aliphatic heterocycles. The number of nitrogens with zero attached hydrogens (tertiary/aromatic N) is 1. The fraction of sp³-hybridized carbons (Fsp3) is 0.500. The second-order valence-corrected chi connectivity index (χ2v) is 6.53. The zero-order valence-electron chi connectivity index (χ0n) is 12.3. The summed E-state index contributed by atoms with van der Waals surface area (Å²) in [5.74, 6) is 1.91. The van der Waals surface area contributed by atoms with Gasteiger partial charge in [-0.3, -0.25) is 4.99 Å². The summed E-state index contributed by atoms with van der Waals surface area (Å²) in [5.41, 5.74) is 0. The monoisotopic (exact) mass is 425 g/mol. The molecule has 20 heavy (non-hydrogen) atoms. The van der Waals surface area contributed by atoms with Crippen molar-refractivity contribution in [3.63, 3.8) is 0 Å². The quantitative estimate of drug-likeness (QED) is 0.231. The molecule has 1 unspecified atom stereocenters. The lowest BCUT2D eigenvalue weighted by Crippen LogP contribution is -2.40. The van der Waals surface area contributed by atoms with Crippen LogP contribution in [-0.4, -0.2) is 43.4 Å². The first-order valence-electron chi connectivity index (χ1n) is 6.41. The highest BCUT2D eigenvalue weighted by atomic mass is 127. The number of aliphatic imine (C=N–C) groups is 1. The summed E-state index contributed by atoms with van der Waals surface area (Å²) in [4.78, 5) is 5.52. The molecule has 0 spiro atoms. The molecule has 0 fully saturated rings. The smallest absolute Gasteiger partial charge is 0.191 e. The lowest BCUT2D eigenvalue weighted by atomic mass is 10.4. The number of halogens is 1. The van der Waals surface area contributed by atoms with Crippen molar-refractivity contribution >= 4 is 53.5 Å². The molecule has 0 radical (unpaired) electrons. The normalized spacial score (nSPS) is 12.4. The molecular weight excluding hydrogens is 401 g/mol. The zero-order chi connectivity index (χ0) is 13.9. The molecule has 0 saturated heterocycles. The average Bonchev–Trinajstić information content (AvgIpc) is 2.47. The van der Waals surface area contributed by atoms with Gasteiger partial charge in [0.2, 0.25) is 0 Å². The first kappa shape index (κ1) is 19.9. The lowest BCUT2D eigenvalue weighted by molar-refractivity contribution is 0.807. The maximum absolute atomic E-state index is 4.21. The Balaban J connectivity index is 0.00000361. The average molecular weight is 425 g/mol. The number of benzene rings is 1. The largest absolute Gasteiger partial charge is 0.356 e. The Morgan fingerprint density at radius 2 is 1.95 bits per heavy atom. The summed E-state index contributed by atoms with van der Waals surface area (Å²) in [6.45, 7) is 4.05. The molecule has 0 saturated carbocycles. The van der Waals surface area contributed by atoms with Crippen molar-refractivity contribution in [2.45, 2.75) is 17.1 Å². The molecule has 0 heterocycles. The van der Waals surface area contributed by atoms with Crippen LogP contribution in [0.15, 0.2) is 40.2 Å². The van der Waals surface area contributed by atoms with E-state index < -0.39 is 0 Å².